The number of hydrogen-bond acceptors (Lipinski definition) is 4. The van der Waals surface area contributed by atoms with Crippen molar-refractivity contribution in [2.24, 2.45) is 0 Å². The van der Waals surface area contributed by atoms with Crippen molar-refractivity contribution in [2.75, 3.05) is 0 Å². The van der Waals surface area contributed by atoms with Gasteiger partial charge in [0.1, 0.15) is 10.1 Å². The van der Waals surface area contributed by atoms with Gasteiger partial charge in [-0.1, -0.05) is 12.1 Å². The molecule has 86 valence electrons. The molecule has 0 fully saturated rings. The molecule has 0 amide bonds. The Balaban J connectivity index is 0.00000112. The third-order valence-electron chi connectivity index (χ3n) is 1.49. The second kappa shape index (κ2) is 8.12. The molecule has 0 radical (unpaired) electrons. The topological polar surface area (TPSA) is 88.8 Å². The molecule has 0 spiro atoms. The average molecular weight is 256 g/mol. The minimum Gasteiger partial charge on any atom is -0.412 e. The van der Waals surface area contributed by atoms with Gasteiger partial charge >= 0.3 is 0 Å². The Morgan fingerprint density at radius 2 is 1.12 bits per heavy atom. The van der Waals surface area contributed by atoms with E-state index in [0.717, 1.165) is 10.1 Å². The highest BCUT2D eigenvalue weighted by atomic mass is 33.1. The first-order chi connectivity index (χ1) is 6.95. The summed E-state index contributed by atoms with van der Waals surface area (Å²) >= 11 is 0. The first kappa shape index (κ1) is 14.9. The summed E-state index contributed by atoms with van der Waals surface area (Å²) in [6.07, 6.45) is 3.59. The number of hydrogen-bond donors (Lipinski definition) is 0. The van der Waals surface area contributed by atoms with Crippen LogP contribution in [-0.4, -0.2) is 20.9 Å². The van der Waals surface area contributed by atoms with Crippen molar-refractivity contribution >= 4 is 21.6 Å². The Hall–Kier alpha value is -1.08. The van der Waals surface area contributed by atoms with Crippen molar-refractivity contribution in [1.29, 1.82) is 0 Å². The summed E-state index contributed by atoms with van der Waals surface area (Å²) in [4.78, 5) is 8.42. The molecule has 0 aliphatic carbocycles. The molecule has 2 aromatic heterocycles. The van der Waals surface area contributed by atoms with Crippen molar-refractivity contribution in [3.63, 3.8) is 0 Å². The van der Waals surface area contributed by atoms with Crippen molar-refractivity contribution in [1.82, 2.24) is 9.97 Å². The lowest BCUT2D eigenvalue weighted by Crippen LogP contribution is -1.75. The largest absolute Gasteiger partial charge is 0.412 e. The van der Waals surface area contributed by atoms with Crippen LogP contribution in [0.15, 0.2) is 58.8 Å². The van der Waals surface area contributed by atoms with Crippen molar-refractivity contribution in [2.45, 2.75) is 10.1 Å². The van der Waals surface area contributed by atoms with Crippen LogP contribution in [0.1, 0.15) is 0 Å². The monoisotopic (exact) mass is 256 g/mol. The molecule has 2 rings (SSSR count). The average Bonchev–Trinajstić information content (AvgIpc) is 2.29. The fraction of sp³-hybridized carbons (Fsp3) is 0. The summed E-state index contributed by atoms with van der Waals surface area (Å²) in [6, 6.07) is 11.8. The molecule has 0 aliphatic rings. The molecule has 0 saturated carbocycles. The highest BCUT2D eigenvalue weighted by molar-refractivity contribution is 8.76. The number of aromatic nitrogens is 2. The van der Waals surface area contributed by atoms with Gasteiger partial charge in [0.15, 0.2) is 0 Å². The Morgan fingerprint density at radius 3 is 1.44 bits per heavy atom. The molecule has 4 nitrogen and oxygen atoms in total. The smallest absolute Gasteiger partial charge is 0.107 e. The molecule has 6 heteroatoms. The van der Waals surface area contributed by atoms with Gasteiger partial charge in [0, 0.05) is 12.4 Å². The van der Waals surface area contributed by atoms with Crippen LogP contribution in [0.25, 0.3) is 0 Å². The highest BCUT2D eigenvalue weighted by Crippen LogP contribution is 2.34. The minimum absolute atomic E-state index is 0. The molecule has 2 heterocycles. The predicted octanol–water partition coefficient (Wildman–Crippen LogP) is 1.63. The maximum Gasteiger partial charge on any atom is 0.107 e. The molecule has 0 aromatic carbocycles. The Labute approximate surface area is 102 Å². The van der Waals surface area contributed by atoms with Crippen LogP contribution < -0.4 is 0 Å². The minimum atomic E-state index is 0. The number of nitrogens with zero attached hydrogens (tertiary/aromatic N) is 2. The lowest BCUT2D eigenvalue weighted by atomic mass is 10.5. The fourth-order valence-electron chi connectivity index (χ4n) is 0.878. The lowest BCUT2D eigenvalue weighted by molar-refractivity contribution is 0.823. The van der Waals surface area contributed by atoms with E-state index in [-0.39, 0.29) is 11.0 Å². The highest BCUT2D eigenvalue weighted by Gasteiger charge is 1.97. The molecule has 2 aromatic rings. The van der Waals surface area contributed by atoms with E-state index in [1.54, 1.807) is 34.0 Å². The lowest BCUT2D eigenvalue weighted by Gasteiger charge is -1.97. The first-order valence-corrected chi connectivity index (χ1v) is 6.27. The second-order valence-electron chi connectivity index (χ2n) is 2.50. The van der Waals surface area contributed by atoms with E-state index in [4.69, 9.17) is 0 Å². The third-order valence-corrected chi connectivity index (χ3v) is 3.67. The van der Waals surface area contributed by atoms with Crippen LogP contribution in [0.5, 0.6) is 0 Å². The number of rotatable bonds is 3. The Bertz CT molecular complexity index is 347. The van der Waals surface area contributed by atoms with Crippen molar-refractivity contribution < 1.29 is 11.0 Å². The van der Waals surface area contributed by atoms with Crippen molar-refractivity contribution in [3.05, 3.63) is 48.8 Å². The zero-order chi connectivity index (χ0) is 9.64. The fourth-order valence-corrected chi connectivity index (χ4v) is 2.63. The van der Waals surface area contributed by atoms with Gasteiger partial charge in [-0.25, -0.2) is 9.97 Å². The molecule has 0 atom stereocenters. The molecular weight excluding hydrogens is 244 g/mol. The summed E-state index contributed by atoms with van der Waals surface area (Å²) in [5.74, 6) is 0. The molecule has 0 bridgehead atoms. The van der Waals surface area contributed by atoms with Gasteiger partial charge in [0.2, 0.25) is 0 Å². The van der Waals surface area contributed by atoms with Crippen molar-refractivity contribution in [3.8, 4) is 0 Å². The van der Waals surface area contributed by atoms with Gasteiger partial charge in [0.05, 0.1) is 0 Å². The van der Waals surface area contributed by atoms with Gasteiger partial charge in [-0.2, -0.15) is 0 Å². The normalized spacial score (nSPS) is 8.75. The summed E-state index contributed by atoms with van der Waals surface area (Å²) in [6.45, 7) is 0. The van der Waals surface area contributed by atoms with Crippen LogP contribution >= 0.6 is 21.6 Å². The van der Waals surface area contributed by atoms with Crippen LogP contribution in [0, 0.1) is 0 Å². The zero-order valence-corrected chi connectivity index (χ0v) is 9.96. The molecule has 0 saturated heterocycles. The summed E-state index contributed by atoms with van der Waals surface area (Å²) < 4.78 is 0. The molecule has 16 heavy (non-hydrogen) atoms. The van der Waals surface area contributed by atoms with Crippen LogP contribution in [0.2, 0.25) is 0 Å². The summed E-state index contributed by atoms with van der Waals surface area (Å²) in [7, 11) is 3.23. The predicted molar refractivity (Wildman–Crippen MR) is 67.4 cm³/mol. The number of pyridine rings is 2. The van der Waals surface area contributed by atoms with E-state index in [9.17, 15) is 0 Å². The first-order valence-electron chi connectivity index (χ1n) is 4.12. The van der Waals surface area contributed by atoms with Crippen LogP contribution in [0.4, 0.5) is 0 Å². The van der Waals surface area contributed by atoms with Crippen LogP contribution in [-0.2, 0) is 0 Å². The van der Waals surface area contributed by atoms with Gasteiger partial charge in [-0.05, 0) is 45.9 Å². The van der Waals surface area contributed by atoms with E-state index >= 15 is 0 Å². The van der Waals surface area contributed by atoms with Gasteiger partial charge in [-0.15, -0.1) is 0 Å². The van der Waals surface area contributed by atoms with E-state index in [1.807, 2.05) is 36.4 Å². The van der Waals surface area contributed by atoms with Gasteiger partial charge in [-0.3, -0.25) is 0 Å². The Morgan fingerprint density at radius 1 is 0.688 bits per heavy atom. The summed E-state index contributed by atoms with van der Waals surface area (Å²) in [5, 5.41) is 2.01. The van der Waals surface area contributed by atoms with E-state index < -0.39 is 0 Å². The second-order valence-corrected chi connectivity index (χ2v) is 4.67. The maximum absolute atomic E-state index is 4.21. The molecular formula is C10H12N2O2S2. The SMILES string of the molecule is O.O.c1ccc(SSc2ccccn2)nc1. The van der Waals surface area contributed by atoms with Crippen LogP contribution in [0.3, 0.4) is 0 Å². The van der Waals surface area contributed by atoms with E-state index in [0.29, 0.717) is 0 Å². The van der Waals surface area contributed by atoms with Gasteiger partial charge in [0.25, 0.3) is 0 Å². The standard InChI is InChI=1S/C10H8N2S2.2H2O/c1-3-7-11-9(5-1)13-14-10-6-2-4-8-12-10;;/h1-8H;2*1H2. The Kier molecular flexibility index (Phi) is 7.57. The molecule has 0 unspecified atom stereocenters. The third kappa shape index (κ3) is 4.63. The molecule has 0 aliphatic heterocycles. The zero-order valence-electron chi connectivity index (χ0n) is 8.33. The quantitative estimate of drug-likeness (QED) is 0.780. The van der Waals surface area contributed by atoms with E-state index in [2.05, 4.69) is 9.97 Å². The molecule has 4 N–H and O–H groups in total. The van der Waals surface area contributed by atoms with E-state index in [1.165, 1.54) is 0 Å². The summed E-state index contributed by atoms with van der Waals surface area (Å²) in [5.41, 5.74) is 0. The maximum atomic E-state index is 4.21. The van der Waals surface area contributed by atoms with Gasteiger partial charge < -0.3 is 11.0 Å².